The maximum atomic E-state index is 12.2. The lowest BCUT2D eigenvalue weighted by Gasteiger charge is -2.12. The van der Waals surface area contributed by atoms with E-state index < -0.39 is 0 Å². The van der Waals surface area contributed by atoms with Crippen molar-refractivity contribution >= 4 is 17.7 Å². The molecule has 0 radical (unpaired) electrons. The summed E-state index contributed by atoms with van der Waals surface area (Å²) in [6, 6.07) is 13.4. The van der Waals surface area contributed by atoms with Gasteiger partial charge in [-0.2, -0.15) is 0 Å². The summed E-state index contributed by atoms with van der Waals surface area (Å²) < 4.78 is 11.0. The van der Waals surface area contributed by atoms with Crippen molar-refractivity contribution in [1.29, 1.82) is 0 Å². The van der Waals surface area contributed by atoms with Crippen molar-refractivity contribution in [1.82, 2.24) is 5.32 Å². The summed E-state index contributed by atoms with van der Waals surface area (Å²) in [4.78, 5) is 13.3. The first kappa shape index (κ1) is 17.2. The quantitative estimate of drug-likeness (QED) is 0.623. The summed E-state index contributed by atoms with van der Waals surface area (Å²) in [5, 5.41) is 2.85. The van der Waals surface area contributed by atoms with Crippen LogP contribution in [0.4, 0.5) is 0 Å². The van der Waals surface area contributed by atoms with Gasteiger partial charge in [-0.1, -0.05) is 18.2 Å². The molecule has 0 saturated carbocycles. The maximum absolute atomic E-state index is 12.2. The molecular weight excluding hydrogens is 310 g/mol. The maximum Gasteiger partial charge on any atom is 0.255 e. The highest BCUT2D eigenvalue weighted by Gasteiger charge is 2.12. The number of rotatable bonds is 7. The van der Waals surface area contributed by atoms with E-state index in [1.807, 2.05) is 49.6 Å². The van der Waals surface area contributed by atoms with E-state index in [0.717, 1.165) is 16.2 Å². The zero-order valence-electron chi connectivity index (χ0n) is 13.6. The number of methoxy groups -OCH3 is 1. The van der Waals surface area contributed by atoms with Gasteiger partial charge in [0.2, 0.25) is 0 Å². The van der Waals surface area contributed by atoms with Crippen LogP contribution in [0.1, 0.15) is 15.9 Å². The van der Waals surface area contributed by atoms with Gasteiger partial charge in [0.15, 0.2) is 0 Å². The van der Waals surface area contributed by atoms with Gasteiger partial charge in [-0.3, -0.25) is 4.79 Å². The molecule has 2 aromatic carbocycles. The van der Waals surface area contributed by atoms with Crippen LogP contribution >= 0.6 is 11.8 Å². The Morgan fingerprint density at radius 3 is 2.65 bits per heavy atom. The predicted octanol–water partition coefficient (Wildman–Crippen LogP) is 3.53. The number of benzene rings is 2. The van der Waals surface area contributed by atoms with Gasteiger partial charge in [0.05, 0.1) is 19.2 Å². The summed E-state index contributed by atoms with van der Waals surface area (Å²) >= 11 is 1.61. The molecule has 0 atom stereocenters. The molecule has 0 aromatic heterocycles. The number of para-hydroxylation sites is 1. The fraction of sp³-hybridized carbons (Fsp3) is 0.278. The molecule has 2 rings (SSSR count). The molecule has 0 aliphatic rings. The topological polar surface area (TPSA) is 47.6 Å². The van der Waals surface area contributed by atoms with E-state index in [2.05, 4.69) is 5.32 Å². The van der Waals surface area contributed by atoms with E-state index in [1.165, 1.54) is 0 Å². The Morgan fingerprint density at radius 1 is 1.17 bits per heavy atom. The van der Waals surface area contributed by atoms with Crippen molar-refractivity contribution in [2.24, 2.45) is 0 Å². The van der Waals surface area contributed by atoms with E-state index in [-0.39, 0.29) is 5.91 Å². The number of carbonyl (C=O) groups is 1. The van der Waals surface area contributed by atoms with Crippen molar-refractivity contribution in [3.8, 4) is 11.5 Å². The molecule has 0 bridgehead atoms. The number of hydrogen-bond donors (Lipinski definition) is 1. The Hall–Kier alpha value is -2.14. The highest BCUT2D eigenvalue weighted by molar-refractivity contribution is 7.98. The van der Waals surface area contributed by atoms with E-state index in [0.29, 0.717) is 24.5 Å². The van der Waals surface area contributed by atoms with Crippen molar-refractivity contribution < 1.29 is 14.3 Å². The molecule has 4 nitrogen and oxygen atoms in total. The molecule has 0 aliphatic carbocycles. The molecular formula is C18H21NO3S. The first-order valence-electron chi connectivity index (χ1n) is 7.34. The average molecular weight is 331 g/mol. The number of carbonyl (C=O) groups excluding carboxylic acids is 1. The normalized spacial score (nSPS) is 10.2. The van der Waals surface area contributed by atoms with Gasteiger partial charge in [0.1, 0.15) is 18.1 Å². The standard InChI is InChI=1S/C18H21NO3S/c1-13-6-4-5-7-16(13)22-11-10-19-18(20)15-9-8-14(23-3)12-17(15)21-2/h4-9,12H,10-11H2,1-3H3,(H,19,20). The third-order valence-corrected chi connectivity index (χ3v) is 4.12. The van der Waals surface area contributed by atoms with Gasteiger partial charge in [-0.25, -0.2) is 0 Å². The molecule has 1 N–H and O–H groups in total. The zero-order valence-corrected chi connectivity index (χ0v) is 14.4. The minimum Gasteiger partial charge on any atom is -0.496 e. The second-order valence-electron chi connectivity index (χ2n) is 4.94. The van der Waals surface area contributed by atoms with Crippen molar-refractivity contribution in [3.63, 3.8) is 0 Å². The van der Waals surface area contributed by atoms with E-state index in [9.17, 15) is 4.79 Å². The zero-order chi connectivity index (χ0) is 16.7. The minimum absolute atomic E-state index is 0.164. The van der Waals surface area contributed by atoms with Crippen molar-refractivity contribution in [2.75, 3.05) is 26.5 Å². The first-order chi connectivity index (χ1) is 11.2. The lowest BCUT2D eigenvalue weighted by Crippen LogP contribution is -2.28. The summed E-state index contributed by atoms with van der Waals surface area (Å²) in [5.74, 6) is 1.25. The van der Waals surface area contributed by atoms with E-state index in [4.69, 9.17) is 9.47 Å². The highest BCUT2D eigenvalue weighted by atomic mass is 32.2. The van der Waals surface area contributed by atoms with Gasteiger partial charge < -0.3 is 14.8 Å². The Morgan fingerprint density at radius 2 is 1.96 bits per heavy atom. The third kappa shape index (κ3) is 4.66. The number of ether oxygens (including phenoxy) is 2. The predicted molar refractivity (Wildman–Crippen MR) is 93.8 cm³/mol. The Bertz CT molecular complexity index is 673. The summed E-state index contributed by atoms with van der Waals surface area (Å²) in [6.45, 7) is 2.84. The third-order valence-electron chi connectivity index (χ3n) is 3.39. The highest BCUT2D eigenvalue weighted by Crippen LogP contribution is 2.25. The summed E-state index contributed by atoms with van der Waals surface area (Å²) in [6.07, 6.45) is 1.98. The SMILES string of the molecule is COc1cc(SC)ccc1C(=O)NCCOc1ccccc1C. The largest absolute Gasteiger partial charge is 0.496 e. The molecule has 0 saturated heterocycles. The van der Waals surface area contributed by atoms with Crippen LogP contribution in [0.3, 0.4) is 0 Å². The lowest BCUT2D eigenvalue weighted by atomic mass is 10.2. The molecule has 1 amide bonds. The Balaban J connectivity index is 1.89. The summed E-state index contributed by atoms with van der Waals surface area (Å²) in [7, 11) is 1.57. The first-order valence-corrected chi connectivity index (χ1v) is 8.57. The Kier molecular flexibility index (Phi) is 6.35. The van der Waals surface area contributed by atoms with Crippen LogP contribution in [-0.2, 0) is 0 Å². The van der Waals surface area contributed by atoms with Crippen molar-refractivity contribution in [2.45, 2.75) is 11.8 Å². The number of amides is 1. The second kappa shape index (κ2) is 8.48. The molecule has 0 heterocycles. The van der Waals surface area contributed by atoms with Crippen LogP contribution in [0, 0.1) is 6.92 Å². The molecule has 5 heteroatoms. The molecule has 0 fully saturated rings. The number of hydrogen-bond acceptors (Lipinski definition) is 4. The summed E-state index contributed by atoms with van der Waals surface area (Å²) in [5.41, 5.74) is 1.61. The molecule has 0 aliphatic heterocycles. The molecule has 0 spiro atoms. The Labute approximate surface area is 141 Å². The average Bonchev–Trinajstić information content (AvgIpc) is 2.59. The lowest BCUT2D eigenvalue weighted by molar-refractivity contribution is 0.0944. The van der Waals surface area contributed by atoms with E-state index in [1.54, 1.807) is 24.9 Å². The smallest absolute Gasteiger partial charge is 0.255 e. The van der Waals surface area contributed by atoms with Crippen LogP contribution in [0.2, 0.25) is 0 Å². The fourth-order valence-electron chi connectivity index (χ4n) is 2.13. The molecule has 2 aromatic rings. The number of nitrogens with one attached hydrogen (secondary N) is 1. The second-order valence-corrected chi connectivity index (χ2v) is 5.82. The van der Waals surface area contributed by atoms with Gasteiger partial charge >= 0.3 is 0 Å². The molecule has 122 valence electrons. The van der Waals surface area contributed by atoms with Gasteiger partial charge in [-0.05, 0) is 43.0 Å². The minimum atomic E-state index is -0.164. The van der Waals surface area contributed by atoms with Crippen LogP contribution in [0.25, 0.3) is 0 Å². The fourth-order valence-corrected chi connectivity index (χ4v) is 2.55. The van der Waals surface area contributed by atoms with Gasteiger partial charge in [-0.15, -0.1) is 11.8 Å². The van der Waals surface area contributed by atoms with E-state index >= 15 is 0 Å². The van der Waals surface area contributed by atoms with Crippen molar-refractivity contribution in [3.05, 3.63) is 53.6 Å². The molecule has 23 heavy (non-hydrogen) atoms. The van der Waals surface area contributed by atoms with Gasteiger partial charge in [0.25, 0.3) is 5.91 Å². The van der Waals surface area contributed by atoms with Crippen LogP contribution in [0.15, 0.2) is 47.4 Å². The number of aryl methyl sites for hydroxylation is 1. The van der Waals surface area contributed by atoms with Crippen LogP contribution < -0.4 is 14.8 Å². The van der Waals surface area contributed by atoms with Gasteiger partial charge in [0, 0.05) is 4.90 Å². The van der Waals surface area contributed by atoms with Crippen LogP contribution in [0.5, 0.6) is 11.5 Å². The molecule has 0 unspecified atom stereocenters. The van der Waals surface area contributed by atoms with Crippen LogP contribution in [-0.4, -0.2) is 32.4 Å². The monoisotopic (exact) mass is 331 g/mol. The number of thioether (sulfide) groups is 1.